The van der Waals surface area contributed by atoms with Crippen molar-refractivity contribution in [3.8, 4) is 0 Å². The minimum Gasteiger partial charge on any atom is -0.467 e. The minimum absolute atomic E-state index is 0.123. The maximum atomic E-state index is 12.8. The molecule has 6 nitrogen and oxygen atoms in total. The summed E-state index contributed by atoms with van der Waals surface area (Å²) < 4.78 is 10.6. The number of hydrogen-bond acceptors (Lipinski definition) is 5. The van der Waals surface area contributed by atoms with E-state index in [1.807, 2.05) is 57.2 Å². The topological polar surface area (TPSA) is 59.1 Å². The number of carbonyl (C=O) groups is 2. The first-order valence-corrected chi connectivity index (χ1v) is 11.2. The molecule has 6 heteroatoms. The molecule has 2 atom stereocenters. The second-order valence-corrected chi connectivity index (χ2v) is 9.27. The zero-order chi connectivity index (χ0) is 23.1. The van der Waals surface area contributed by atoms with Crippen LogP contribution in [0.1, 0.15) is 44.7 Å². The highest BCUT2D eigenvalue weighted by molar-refractivity contribution is 5.81. The third kappa shape index (κ3) is 6.57. The van der Waals surface area contributed by atoms with Crippen molar-refractivity contribution in [1.29, 1.82) is 0 Å². The van der Waals surface area contributed by atoms with Crippen molar-refractivity contribution in [3.63, 3.8) is 0 Å². The van der Waals surface area contributed by atoms with Crippen LogP contribution in [0.2, 0.25) is 0 Å². The molecular weight excluding hydrogens is 404 g/mol. The molecule has 3 rings (SSSR count). The number of benzene rings is 2. The van der Waals surface area contributed by atoms with Gasteiger partial charge >= 0.3 is 12.1 Å². The molecule has 1 aliphatic heterocycles. The molecule has 0 N–H and O–H groups in total. The second-order valence-electron chi connectivity index (χ2n) is 9.27. The Morgan fingerprint density at radius 2 is 1.50 bits per heavy atom. The van der Waals surface area contributed by atoms with E-state index < -0.39 is 23.7 Å². The lowest BCUT2D eigenvalue weighted by molar-refractivity contribution is -0.149. The number of rotatable bonds is 6. The molecule has 0 saturated carbocycles. The first-order valence-electron chi connectivity index (χ1n) is 11.2. The Kier molecular flexibility index (Phi) is 7.91. The number of methoxy groups -OCH3 is 1. The van der Waals surface area contributed by atoms with Crippen LogP contribution in [0.15, 0.2) is 60.7 Å². The zero-order valence-corrected chi connectivity index (χ0v) is 19.5. The number of carbonyl (C=O) groups excluding carboxylic acids is 2. The van der Waals surface area contributed by atoms with Crippen molar-refractivity contribution in [2.75, 3.05) is 13.7 Å². The predicted molar refractivity (Wildman–Crippen MR) is 124 cm³/mol. The molecular formula is C26H34N2O4. The number of hydrogen-bond donors (Lipinski definition) is 0. The maximum Gasteiger partial charge on any atom is 0.411 e. The summed E-state index contributed by atoms with van der Waals surface area (Å²) in [6, 6.07) is 20.1. The van der Waals surface area contributed by atoms with Gasteiger partial charge in [0.25, 0.3) is 0 Å². The van der Waals surface area contributed by atoms with E-state index in [-0.39, 0.29) is 6.04 Å². The SMILES string of the molecule is COC(=O)C1C[C@@H](N(Cc2ccccc2)Cc2ccccc2)CCN1C(=O)OC(C)(C)C. The average molecular weight is 439 g/mol. The van der Waals surface area contributed by atoms with E-state index in [4.69, 9.17) is 9.47 Å². The normalized spacial score (nSPS) is 19.0. The summed E-state index contributed by atoms with van der Waals surface area (Å²) in [6.07, 6.45) is 0.793. The largest absolute Gasteiger partial charge is 0.467 e. The number of amides is 1. The minimum atomic E-state index is -0.664. The molecule has 32 heavy (non-hydrogen) atoms. The van der Waals surface area contributed by atoms with Gasteiger partial charge in [-0.05, 0) is 44.7 Å². The van der Waals surface area contributed by atoms with Gasteiger partial charge in [0.2, 0.25) is 0 Å². The van der Waals surface area contributed by atoms with E-state index in [2.05, 4.69) is 29.2 Å². The Labute approximate surface area is 191 Å². The van der Waals surface area contributed by atoms with Crippen LogP contribution in [0.3, 0.4) is 0 Å². The van der Waals surface area contributed by atoms with Gasteiger partial charge in [0.1, 0.15) is 11.6 Å². The van der Waals surface area contributed by atoms with Gasteiger partial charge in [-0.15, -0.1) is 0 Å². The number of likely N-dealkylation sites (tertiary alicyclic amines) is 1. The average Bonchev–Trinajstić information content (AvgIpc) is 2.78. The predicted octanol–water partition coefficient (Wildman–Crippen LogP) is 4.63. The number of ether oxygens (including phenoxy) is 2. The summed E-state index contributed by atoms with van der Waals surface area (Å²) in [5.41, 5.74) is 1.81. The van der Waals surface area contributed by atoms with Crippen molar-refractivity contribution >= 4 is 12.1 Å². The standard InChI is InChI=1S/C26H34N2O4/c1-26(2,3)32-25(30)28-16-15-22(17-23(28)24(29)31-4)27(18-20-11-7-5-8-12-20)19-21-13-9-6-10-14-21/h5-14,22-23H,15-19H2,1-4H3/t22-,23?/m0/s1. The van der Waals surface area contributed by atoms with Crippen LogP contribution in [0.5, 0.6) is 0 Å². The van der Waals surface area contributed by atoms with Gasteiger partial charge in [-0.2, -0.15) is 0 Å². The zero-order valence-electron chi connectivity index (χ0n) is 19.5. The summed E-state index contributed by atoms with van der Waals surface area (Å²) in [4.78, 5) is 29.3. The van der Waals surface area contributed by atoms with Crippen LogP contribution in [0, 0.1) is 0 Å². The van der Waals surface area contributed by atoms with Crippen LogP contribution in [-0.2, 0) is 27.4 Å². The molecule has 2 aromatic rings. The van der Waals surface area contributed by atoms with Crippen LogP contribution >= 0.6 is 0 Å². The molecule has 1 saturated heterocycles. The smallest absolute Gasteiger partial charge is 0.411 e. The van der Waals surface area contributed by atoms with E-state index in [1.165, 1.54) is 23.1 Å². The molecule has 0 aromatic heterocycles. The summed E-state index contributed by atoms with van der Waals surface area (Å²) in [6.45, 7) is 7.45. The Hall–Kier alpha value is -2.86. The van der Waals surface area contributed by atoms with E-state index in [0.29, 0.717) is 13.0 Å². The van der Waals surface area contributed by atoms with Gasteiger partial charge < -0.3 is 9.47 Å². The van der Waals surface area contributed by atoms with Gasteiger partial charge in [-0.25, -0.2) is 9.59 Å². The van der Waals surface area contributed by atoms with Crippen molar-refractivity contribution in [1.82, 2.24) is 9.80 Å². The number of esters is 1. The molecule has 1 fully saturated rings. The van der Waals surface area contributed by atoms with Crippen LogP contribution in [0.4, 0.5) is 4.79 Å². The molecule has 2 aromatic carbocycles. The quantitative estimate of drug-likeness (QED) is 0.616. The lowest BCUT2D eigenvalue weighted by Crippen LogP contribution is -2.55. The van der Waals surface area contributed by atoms with Gasteiger partial charge in [0.05, 0.1) is 7.11 Å². The first-order chi connectivity index (χ1) is 15.3. The molecule has 1 heterocycles. The van der Waals surface area contributed by atoms with E-state index in [9.17, 15) is 9.59 Å². The highest BCUT2D eigenvalue weighted by Gasteiger charge is 2.40. The number of piperidine rings is 1. The van der Waals surface area contributed by atoms with Gasteiger partial charge in [0, 0.05) is 25.7 Å². The van der Waals surface area contributed by atoms with Crippen molar-refractivity contribution in [2.45, 2.75) is 64.4 Å². The molecule has 1 unspecified atom stereocenters. The molecule has 172 valence electrons. The summed E-state index contributed by atoms with van der Waals surface area (Å²) >= 11 is 0. The van der Waals surface area contributed by atoms with Crippen molar-refractivity contribution in [2.24, 2.45) is 0 Å². The Bertz CT molecular complexity index is 838. The molecule has 0 radical (unpaired) electrons. The van der Waals surface area contributed by atoms with Gasteiger partial charge in [-0.1, -0.05) is 60.7 Å². The lowest BCUT2D eigenvalue weighted by atomic mass is 9.95. The summed E-state index contributed by atoms with van der Waals surface area (Å²) in [5, 5.41) is 0. The maximum absolute atomic E-state index is 12.8. The first kappa shape index (κ1) is 23.8. The van der Waals surface area contributed by atoms with Crippen molar-refractivity contribution in [3.05, 3.63) is 71.8 Å². The second kappa shape index (κ2) is 10.6. The Morgan fingerprint density at radius 3 is 1.97 bits per heavy atom. The van der Waals surface area contributed by atoms with E-state index in [0.717, 1.165) is 19.5 Å². The molecule has 0 bridgehead atoms. The highest BCUT2D eigenvalue weighted by Crippen LogP contribution is 2.27. The Morgan fingerprint density at radius 1 is 0.969 bits per heavy atom. The molecule has 1 aliphatic rings. The third-order valence-electron chi connectivity index (χ3n) is 5.65. The highest BCUT2D eigenvalue weighted by atomic mass is 16.6. The van der Waals surface area contributed by atoms with Crippen LogP contribution in [-0.4, -0.2) is 53.2 Å². The fraction of sp³-hybridized carbons (Fsp3) is 0.462. The monoisotopic (exact) mass is 438 g/mol. The lowest BCUT2D eigenvalue weighted by Gasteiger charge is -2.42. The molecule has 0 aliphatic carbocycles. The summed E-state index contributed by atoms with van der Waals surface area (Å²) in [5.74, 6) is -0.403. The molecule has 0 spiro atoms. The van der Waals surface area contributed by atoms with E-state index in [1.54, 1.807) is 0 Å². The van der Waals surface area contributed by atoms with Crippen LogP contribution in [0.25, 0.3) is 0 Å². The van der Waals surface area contributed by atoms with Crippen LogP contribution < -0.4 is 0 Å². The van der Waals surface area contributed by atoms with Crippen molar-refractivity contribution < 1.29 is 19.1 Å². The fourth-order valence-corrected chi connectivity index (χ4v) is 4.13. The van der Waals surface area contributed by atoms with Gasteiger partial charge in [-0.3, -0.25) is 9.80 Å². The third-order valence-corrected chi connectivity index (χ3v) is 5.65. The Balaban J connectivity index is 1.81. The fourth-order valence-electron chi connectivity index (χ4n) is 4.13. The summed E-state index contributed by atoms with van der Waals surface area (Å²) in [7, 11) is 1.37. The molecule has 1 amide bonds. The van der Waals surface area contributed by atoms with E-state index >= 15 is 0 Å². The number of nitrogens with zero attached hydrogens (tertiary/aromatic N) is 2. The van der Waals surface area contributed by atoms with Gasteiger partial charge in [0.15, 0.2) is 0 Å².